The molecule has 0 saturated carbocycles. The second kappa shape index (κ2) is 11.4. The van der Waals surface area contributed by atoms with Crippen LogP contribution >= 0.6 is 0 Å². The first kappa shape index (κ1) is 23.6. The lowest BCUT2D eigenvalue weighted by Gasteiger charge is -2.24. The lowest BCUT2D eigenvalue weighted by molar-refractivity contribution is -0.393. The zero-order valence-corrected chi connectivity index (χ0v) is 16.6. The molecule has 0 saturated heterocycles. The molecule has 158 valence electrons. The Morgan fingerprint density at radius 1 is 1.00 bits per heavy atom. The first-order valence-corrected chi connectivity index (χ1v) is 9.11. The van der Waals surface area contributed by atoms with Crippen molar-refractivity contribution in [2.24, 2.45) is 0 Å². The molecule has 0 aliphatic carbocycles. The highest BCUT2D eigenvalue weighted by Gasteiger charge is 2.16. The van der Waals surface area contributed by atoms with E-state index in [0.717, 1.165) is 54.5 Å². The summed E-state index contributed by atoms with van der Waals surface area (Å²) in [6, 6.07) is 9.11. The van der Waals surface area contributed by atoms with E-state index in [1.165, 1.54) is 0 Å². The van der Waals surface area contributed by atoms with Gasteiger partial charge in [0, 0.05) is 30.5 Å². The third-order valence-electron chi connectivity index (χ3n) is 4.19. The minimum absolute atomic E-state index is 0.0874. The van der Waals surface area contributed by atoms with E-state index in [4.69, 9.17) is 16.6 Å². The van der Waals surface area contributed by atoms with Gasteiger partial charge in [0.2, 0.25) is 0 Å². The number of nitrogens with zero attached hydrogens (tertiary/aromatic N) is 3. The van der Waals surface area contributed by atoms with Crippen LogP contribution in [0.5, 0.6) is 0 Å². The summed E-state index contributed by atoms with van der Waals surface area (Å²) in [5.74, 6) is 0. The predicted octanol–water partition coefficient (Wildman–Crippen LogP) is 3.26. The van der Waals surface area contributed by atoms with E-state index in [1.54, 1.807) is 0 Å². The smallest absolute Gasteiger partial charge is 0.298 e. The summed E-state index contributed by atoms with van der Waals surface area (Å²) in [4.78, 5) is 21.3. The van der Waals surface area contributed by atoms with Crippen molar-refractivity contribution in [2.75, 3.05) is 36.1 Å². The molecule has 0 heterocycles. The van der Waals surface area contributed by atoms with Gasteiger partial charge in [0.1, 0.15) is 5.69 Å². The van der Waals surface area contributed by atoms with Gasteiger partial charge in [-0.1, -0.05) is 13.3 Å². The van der Waals surface area contributed by atoms with Crippen molar-refractivity contribution >= 4 is 28.4 Å². The molecule has 5 N–H and O–H groups in total. The van der Waals surface area contributed by atoms with Crippen molar-refractivity contribution in [3.63, 3.8) is 0 Å². The van der Waals surface area contributed by atoms with Crippen LogP contribution < -0.4 is 16.4 Å². The molecule has 0 aromatic heterocycles. The second-order valence-electron chi connectivity index (χ2n) is 6.36. The number of hydrogen-bond donors (Lipinski definition) is 3. The number of rotatable bonds is 8. The lowest BCUT2D eigenvalue weighted by atomic mass is 10.1. The van der Waals surface area contributed by atoms with Crippen molar-refractivity contribution in [1.82, 2.24) is 0 Å². The lowest BCUT2D eigenvalue weighted by Crippen LogP contribution is -2.27. The van der Waals surface area contributed by atoms with Crippen LogP contribution in [0.25, 0.3) is 0 Å². The van der Waals surface area contributed by atoms with Crippen LogP contribution in [0, 0.1) is 27.2 Å². The van der Waals surface area contributed by atoms with Crippen molar-refractivity contribution < 1.29 is 15.0 Å². The largest absolute Gasteiger partial charge is 0.399 e. The van der Waals surface area contributed by atoms with Gasteiger partial charge in [-0.2, -0.15) is 0 Å². The van der Waals surface area contributed by atoms with Gasteiger partial charge in [0.25, 0.3) is 11.4 Å². The summed E-state index contributed by atoms with van der Waals surface area (Å²) >= 11 is 0. The standard InChI is InChI=1S/C13H22N2O.C6H5N3O4/c1-3-4-7-15(8-9-16)12-5-6-13(14)11(2)10-12;7-5-2-1-4(8(10)11)3-6(5)9(12)13/h5-6,10,16H,3-4,7-9,14H2,1-2H3;1-3H,7H2. The molecule has 10 nitrogen and oxygen atoms in total. The SMILES string of the molecule is CCCCN(CCO)c1ccc(N)c(C)c1.Nc1ccc([N+](=O)[O-])cc1[N+](=O)[O-]. The molecule has 0 unspecified atom stereocenters. The first-order valence-electron chi connectivity index (χ1n) is 9.11. The molecule has 0 spiro atoms. The maximum absolute atomic E-state index is 10.3. The van der Waals surface area contributed by atoms with Gasteiger partial charge >= 0.3 is 0 Å². The van der Waals surface area contributed by atoms with Gasteiger partial charge in [-0.05, 0) is 43.2 Å². The van der Waals surface area contributed by atoms with Crippen LogP contribution in [0.15, 0.2) is 36.4 Å². The predicted molar refractivity (Wildman–Crippen MR) is 114 cm³/mol. The molecule has 2 aromatic carbocycles. The quantitative estimate of drug-likeness (QED) is 0.342. The Morgan fingerprint density at radius 3 is 2.17 bits per heavy atom. The number of benzene rings is 2. The Morgan fingerprint density at radius 2 is 1.66 bits per heavy atom. The third-order valence-corrected chi connectivity index (χ3v) is 4.19. The second-order valence-corrected chi connectivity index (χ2v) is 6.36. The highest BCUT2D eigenvalue weighted by atomic mass is 16.6. The topological polar surface area (TPSA) is 162 Å². The average Bonchev–Trinajstić information content (AvgIpc) is 2.67. The Hall–Kier alpha value is -3.40. The number of anilines is 3. The van der Waals surface area contributed by atoms with E-state index in [9.17, 15) is 20.2 Å². The van der Waals surface area contributed by atoms with E-state index >= 15 is 0 Å². The van der Waals surface area contributed by atoms with E-state index in [-0.39, 0.29) is 18.0 Å². The Kier molecular flexibility index (Phi) is 9.33. The van der Waals surface area contributed by atoms with E-state index < -0.39 is 15.5 Å². The molecule has 2 aromatic rings. The van der Waals surface area contributed by atoms with Crippen LogP contribution in [0.1, 0.15) is 25.3 Å². The molecule has 0 atom stereocenters. The molecule has 2 rings (SSSR count). The Labute approximate surface area is 169 Å². The maximum atomic E-state index is 10.3. The molecule has 0 radical (unpaired) electrons. The minimum Gasteiger partial charge on any atom is -0.399 e. The van der Waals surface area contributed by atoms with Crippen LogP contribution in [0.3, 0.4) is 0 Å². The molecular formula is C19H27N5O5. The zero-order valence-electron chi connectivity index (χ0n) is 16.6. The minimum atomic E-state index is -0.762. The maximum Gasteiger partial charge on any atom is 0.298 e. The van der Waals surface area contributed by atoms with Crippen LogP contribution in [-0.2, 0) is 0 Å². The normalized spacial score (nSPS) is 10.0. The number of hydrogen-bond acceptors (Lipinski definition) is 8. The fourth-order valence-electron chi connectivity index (χ4n) is 2.50. The number of aliphatic hydroxyl groups excluding tert-OH is 1. The van der Waals surface area contributed by atoms with Gasteiger partial charge in [0.15, 0.2) is 0 Å². The third kappa shape index (κ3) is 7.26. The number of nitro benzene ring substituents is 2. The number of nitrogen functional groups attached to an aromatic ring is 2. The molecule has 0 aliphatic heterocycles. The van der Waals surface area contributed by atoms with Crippen LogP contribution in [0.2, 0.25) is 0 Å². The number of aliphatic hydroxyl groups is 1. The van der Waals surface area contributed by atoms with Crippen molar-refractivity contribution in [1.29, 1.82) is 0 Å². The van der Waals surface area contributed by atoms with Crippen LogP contribution in [-0.4, -0.2) is 34.6 Å². The molecule has 10 heteroatoms. The number of nitro groups is 2. The van der Waals surface area contributed by atoms with Crippen molar-refractivity contribution in [2.45, 2.75) is 26.7 Å². The summed E-state index contributed by atoms with van der Waals surface area (Å²) < 4.78 is 0. The summed E-state index contributed by atoms with van der Waals surface area (Å²) in [5, 5.41) is 29.6. The molecule has 29 heavy (non-hydrogen) atoms. The van der Waals surface area contributed by atoms with E-state index in [2.05, 4.69) is 17.9 Å². The molecule has 0 bridgehead atoms. The fraction of sp³-hybridized carbons (Fsp3) is 0.368. The Balaban J connectivity index is 0.000000296. The summed E-state index contributed by atoms with van der Waals surface area (Å²) in [5.41, 5.74) is 13.2. The average molecular weight is 405 g/mol. The van der Waals surface area contributed by atoms with Gasteiger partial charge in [-0.25, -0.2) is 0 Å². The highest BCUT2D eigenvalue weighted by molar-refractivity contribution is 5.62. The van der Waals surface area contributed by atoms with Crippen molar-refractivity contribution in [3.8, 4) is 0 Å². The van der Waals surface area contributed by atoms with Crippen molar-refractivity contribution in [3.05, 3.63) is 62.2 Å². The van der Waals surface area contributed by atoms with Gasteiger partial charge in [-0.15, -0.1) is 0 Å². The van der Waals surface area contributed by atoms with Gasteiger partial charge < -0.3 is 21.5 Å². The van der Waals surface area contributed by atoms with Gasteiger partial charge in [-0.3, -0.25) is 20.2 Å². The molecule has 0 fully saturated rings. The van der Waals surface area contributed by atoms with E-state index in [0.29, 0.717) is 6.54 Å². The first-order chi connectivity index (χ1) is 13.7. The van der Waals surface area contributed by atoms with E-state index in [1.807, 2.05) is 19.1 Å². The molecule has 0 amide bonds. The fourth-order valence-corrected chi connectivity index (χ4v) is 2.50. The number of nitrogens with two attached hydrogens (primary N) is 2. The monoisotopic (exact) mass is 405 g/mol. The number of non-ortho nitro benzene ring substituents is 1. The number of aryl methyl sites for hydroxylation is 1. The summed E-state index contributed by atoms with van der Waals surface area (Å²) in [7, 11) is 0. The summed E-state index contributed by atoms with van der Waals surface area (Å²) in [6.07, 6.45) is 2.30. The highest BCUT2D eigenvalue weighted by Crippen LogP contribution is 2.26. The Bertz CT molecular complexity index is 844. The summed E-state index contributed by atoms with van der Waals surface area (Å²) in [6.45, 7) is 6.04. The molecular weight excluding hydrogens is 378 g/mol. The van der Waals surface area contributed by atoms with Crippen LogP contribution in [0.4, 0.5) is 28.4 Å². The molecule has 0 aliphatic rings. The number of unbranched alkanes of at least 4 members (excludes halogenated alkanes) is 1. The zero-order chi connectivity index (χ0) is 22.0. The van der Waals surface area contributed by atoms with Gasteiger partial charge in [0.05, 0.1) is 22.5 Å².